The molecule has 0 aromatic rings. The fraction of sp³-hybridized carbons (Fsp3) is 0.773. The molecule has 4 rings (SSSR count). The van der Waals surface area contributed by atoms with Crippen LogP contribution in [0.25, 0.3) is 0 Å². The molecule has 2 bridgehead atoms. The molecule has 5 N–H and O–H groups in total. The monoisotopic (exact) mass is 408 g/mol. The maximum absolute atomic E-state index is 12.0. The fourth-order valence-electron chi connectivity index (χ4n) is 7.29. The van der Waals surface area contributed by atoms with E-state index in [1.54, 1.807) is 19.1 Å². The van der Waals surface area contributed by atoms with Crippen molar-refractivity contribution in [1.29, 1.82) is 0 Å². The predicted molar refractivity (Wildman–Crippen MR) is 103 cm³/mol. The summed E-state index contributed by atoms with van der Waals surface area (Å²) in [6.45, 7) is 8.34. The number of hydrogen-bond acceptors (Lipinski definition) is 7. The molecule has 1 unspecified atom stereocenters. The van der Waals surface area contributed by atoms with Crippen LogP contribution in [0.4, 0.5) is 0 Å². The molecule has 9 atom stereocenters. The molecule has 29 heavy (non-hydrogen) atoms. The van der Waals surface area contributed by atoms with E-state index in [1.165, 1.54) is 6.92 Å². The number of esters is 1. The van der Waals surface area contributed by atoms with Gasteiger partial charge < -0.3 is 30.3 Å². The summed E-state index contributed by atoms with van der Waals surface area (Å²) in [6.07, 6.45) is -0.379. The number of carbonyl (C=O) groups excluding carboxylic acids is 1. The van der Waals surface area contributed by atoms with Crippen molar-refractivity contribution in [1.82, 2.24) is 0 Å². The van der Waals surface area contributed by atoms with Crippen LogP contribution in [0.5, 0.6) is 0 Å². The van der Waals surface area contributed by atoms with E-state index in [4.69, 9.17) is 4.74 Å². The van der Waals surface area contributed by atoms with Crippen LogP contribution in [-0.2, 0) is 9.53 Å². The molecule has 4 aliphatic rings. The minimum absolute atomic E-state index is 0.161. The quantitative estimate of drug-likeness (QED) is 0.328. The highest BCUT2D eigenvalue weighted by molar-refractivity contribution is 5.67. The Bertz CT molecular complexity index is 816. The van der Waals surface area contributed by atoms with Crippen LogP contribution in [-0.4, -0.2) is 67.6 Å². The van der Waals surface area contributed by atoms with E-state index in [1.807, 2.05) is 20.8 Å². The van der Waals surface area contributed by atoms with Crippen LogP contribution in [0.3, 0.4) is 0 Å². The Morgan fingerprint density at radius 1 is 1.24 bits per heavy atom. The first-order valence-electron chi connectivity index (χ1n) is 10.3. The smallest absolute Gasteiger partial charge is 0.303 e. The molecule has 0 amide bonds. The number of ether oxygens (including phenoxy) is 1. The van der Waals surface area contributed by atoms with Gasteiger partial charge in [-0.05, 0) is 30.4 Å². The van der Waals surface area contributed by atoms with Crippen LogP contribution in [0, 0.1) is 28.6 Å². The molecule has 0 aromatic carbocycles. The summed E-state index contributed by atoms with van der Waals surface area (Å²) in [5.74, 6) is -1.66. The lowest BCUT2D eigenvalue weighted by Gasteiger charge is -2.51. The largest absolute Gasteiger partial charge is 0.458 e. The van der Waals surface area contributed by atoms with Crippen molar-refractivity contribution in [2.24, 2.45) is 28.6 Å². The minimum atomic E-state index is -2.10. The molecule has 162 valence electrons. The van der Waals surface area contributed by atoms with Crippen molar-refractivity contribution in [2.45, 2.75) is 70.6 Å². The van der Waals surface area contributed by atoms with Crippen molar-refractivity contribution in [3.8, 4) is 0 Å². The van der Waals surface area contributed by atoms with Crippen molar-refractivity contribution < 1.29 is 35.1 Å². The van der Waals surface area contributed by atoms with Crippen molar-refractivity contribution in [2.75, 3.05) is 6.61 Å². The Kier molecular flexibility index (Phi) is 4.28. The van der Waals surface area contributed by atoms with Gasteiger partial charge in [-0.2, -0.15) is 0 Å². The first-order valence-corrected chi connectivity index (χ1v) is 10.3. The zero-order valence-corrected chi connectivity index (χ0v) is 17.6. The summed E-state index contributed by atoms with van der Waals surface area (Å²) in [5, 5.41) is 55.4. The SMILES string of the molecule is CC(=O)O[C@@]12C[C@@H](C)[C@]34C=C(C)[C@H](O)[C@@]3(O)[C@H](O)C(CO)=C[C@H](C4O)[C@@H]1C2(C)C. The number of fused-ring (bicyclic) bond motifs is 3. The molecule has 2 fully saturated rings. The average Bonchev–Trinajstić information content (AvgIpc) is 3.03. The highest BCUT2D eigenvalue weighted by atomic mass is 16.6. The lowest BCUT2D eigenvalue weighted by molar-refractivity contribution is -0.216. The van der Waals surface area contributed by atoms with Gasteiger partial charge in [0.1, 0.15) is 23.4 Å². The number of aliphatic hydroxyl groups is 5. The van der Waals surface area contributed by atoms with E-state index in [2.05, 4.69) is 0 Å². The van der Waals surface area contributed by atoms with Crippen LogP contribution < -0.4 is 0 Å². The Hall–Kier alpha value is -1.25. The second-order valence-corrected chi connectivity index (χ2v) is 10.2. The molecule has 1 spiro atoms. The molecule has 4 aliphatic carbocycles. The molecule has 0 aromatic heterocycles. The Balaban J connectivity index is 1.99. The molecule has 7 heteroatoms. The zero-order chi connectivity index (χ0) is 21.7. The van der Waals surface area contributed by atoms with Crippen molar-refractivity contribution >= 4 is 5.97 Å². The highest BCUT2D eigenvalue weighted by Crippen LogP contribution is 2.76. The maximum atomic E-state index is 12.0. The number of aliphatic hydroxyl groups excluding tert-OH is 4. The topological polar surface area (TPSA) is 127 Å². The number of hydrogen-bond donors (Lipinski definition) is 5. The number of rotatable bonds is 2. The fourth-order valence-corrected chi connectivity index (χ4v) is 7.29. The van der Waals surface area contributed by atoms with Gasteiger partial charge in [-0.15, -0.1) is 0 Å². The Morgan fingerprint density at radius 2 is 1.86 bits per heavy atom. The molecule has 0 saturated heterocycles. The molecule has 7 nitrogen and oxygen atoms in total. The van der Waals surface area contributed by atoms with E-state index in [-0.39, 0.29) is 11.5 Å². The zero-order valence-electron chi connectivity index (χ0n) is 17.6. The molecule has 0 heterocycles. The van der Waals surface area contributed by atoms with Gasteiger partial charge in [0.25, 0.3) is 0 Å². The van der Waals surface area contributed by atoms with Gasteiger partial charge in [-0.25, -0.2) is 0 Å². The summed E-state index contributed by atoms with van der Waals surface area (Å²) < 4.78 is 5.87. The third-order valence-corrected chi connectivity index (χ3v) is 8.64. The average molecular weight is 408 g/mol. The first-order chi connectivity index (χ1) is 13.3. The van der Waals surface area contributed by atoms with E-state index in [0.717, 1.165) is 0 Å². The van der Waals surface area contributed by atoms with E-state index >= 15 is 0 Å². The van der Waals surface area contributed by atoms with E-state index < -0.39 is 64.8 Å². The van der Waals surface area contributed by atoms with E-state index in [0.29, 0.717) is 12.0 Å². The van der Waals surface area contributed by atoms with Gasteiger partial charge in [-0.1, -0.05) is 32.9 Å². The molecule has 0 radical (unpaired) electrons. The summed E-state index contributed by atoms with van der Waals surface area (Å²) in [6, 6.07) is 0. The first kappa shape index (κ1) is 21.0. The summed E-state index contributed by atoms with van der Waals surface area (Å²) >= 11 is 0. The molecule has 0 aliphatic heterocycles. The van der Waals surface area contributed by atoms with Crippen molar-refractivity contribution in [3.63, 3.8) is 0 Å². The summed E-state index contributed by atoms with van der Waals surface area (Å²) in [5.41, 5.74) is -4.09. The highest BCUT2D eigenvalue weighted by Gasteiger charge is 2.82. The molecule has 2 saturated carbocycles. The third kappa shape index (κ3) is 2.13. The van der Waals surface area contributed by atoms with Crippen LogP contribution in [0.2, 0.25) is 0 Å². The Morgan fingerprint density at radius 3 is 2.41 bits per heavy atom. The predicted octanol–water partition coefficient (Wildman–Crippen LogP) is 0.293. The molecular weight excluding hydrogens is 376 g/mol. The molecular formula is C22H32O7. The van der Waals surface area contributed by atoms with Gasteiger partial charge in [0.15, 0.2) is 0 Å². The van der Waals surface area contributed by atoms with Gasteiger partial charge in [0.05, 0.1) is 18.1 Å². The normalized spacial score (nSPS) is 52.3. The van der Waals surface area contributed by atoms with Crippen molar-refractivity contribution in [3.05, 3.63) is 23.3 Å². The lowest BCUT2D eigenvalue weighted by atomic mass is 9.58. The standard InChI is InChI=1S/C22H32O7/c1-10-7-20-11(2)8-21(29-12(3)24)15(19(21,4)5)14(18(20)27)6-13(9-23)17(26)22(20,28)16(10)25/h6-7,11,14-18,23,25-28H,8-9H2,1-5H3/t11-,14+,15-,16+,17-,18?,20+,21+,22-/m1/s1. The summed E-state index contributed by atoms with van der Waals surface area (Å²) in [4.78, 5) is 12.0. The lowest BCUT2D eigenvalue weighted by Crippen LogP contribution is -2.66. The van der Waals surface area contributed by atoms with Gasteiger partial charge in [0, 0.05) is 24.2 Å². The maximum Gasteiger partial charge on any atom is 0.303 e. The number of carbonyl (C=O) groups is 1. The summed E-state index contributed by atoms with van der Waals surface area (Å²) in [7, 11) is 0. The van der Waals surface area contributed by atoms with E-state index in [9.17, 15) is 30.3 Å². The van der Waals surface area contributed by atoms with Crippen LogP contribution >= 0.6 is 0 Å². The minimum Gasteiger partial charge on any atom is -0.458 e. The van der Waals surface area contributed by atoms with Gasteiger partial charge in [-0.3, -0.25) is 4.79 Å². The second-order valence-electron chi connectivity index (χ2n) is 10.2. The van der Waals surface area contributed by atoms with Gasteiger partial charge in [0.2, 0.25) is 0 Å². The van der Waals surface area contributed by atoms with Crippen LogP contribution in [0.1, 0.15) is 41.0 Å². The third-order valence-electron chi connectivity index (χ3n) is 8.64. The Labute approximate surface area is 170 Å². The van der Waals surface area contributed by atoms with Gasteiger partial charge >= 0.3 is 5.97 Å². The van der Waals surface area contributed by atoms with Crippen LogP contribution in [0.15, 0.2) is 23.3 Å². The second kappa shape index (κ2) is 5.92.